The monoisotopic (exact) mass is 266 g/mol. The number of phenolic OH excluding ortho intramolecular Hbond substituents is 1. The first kappa shape index (κ1) is 15.3. The highest BCUT2D eigenvalue weighted by Crippen LogP contribution is 2.22. The molecule has 4 heteroatoms. The molecule has 1 aromatic rings. The van der Waals surface area contributed by atoms with Gasteiger partial charge in [0.25, 0.3) is 0 Å². The number of hydrogen-bond acceptors (Lipinski definition) is 4. The van der Waals surface area contributed by atoms with Crippen molar-refractivity contribution in [2.24, 2.45) is 0 Å². The molecule has 1 aromatic carbocycles. The Balaban J connectivity index is 2.56. The predicted octanol–water partition coefficient (Wildman–Crippen LogP) is 3.53. The lowest BCUT2D eigenvalue weighted by molar-refractivity contribution is 0.0525. The van der Waals surface area contributed by atoms with Crippen LogP contribution in [-0.2, 0) is 4.74 Å². The van der Waals surface area contributed by atoms with Crippen LogP contribution in [0.1, 0.15) is 49.9 Å². The molecule has 19 heavy (non-hydrogen) atoms. The van der Waals surface area contributed by atoms with Crippen LogP contribution in [0.3, 0.4) is 0 Å². The Kier molecular flexibility index (Phi) is 6.79. The molecule has 0 amide bonds. The van der Waals surface area contributed by atoms with E-state index in [0.29, 0.717) is 24.5 Å². The van der Waals surface area contributed by atoms with Gasteiger partial charge in [-0.1, -0.05) is 26.2 Å². The van der Waals surface area contributed by atoms with Crippen molar-refractivity contribution in [3.8, 4) is 11.5 Å². The maximum Gasteiger partial charge on any atom is 0.338 e. The summed E-state index contributed by atoms with van der Waals surface area (Å²) in [6.45, 7) is 4.79. The number of esters is 1. The van der Waals surface area contributed by atoms with E-state index in [9.17, 15) is 9.90 Å². The third kappa shape index (κ3) is 5.64. The summed E-state index contributed by atoms with van der Waals surface area (Å²) in [7, 11) is 0. The van der Waals surface area contributed by atoms with Gasteiger partial charge in [-0.25, -0.2) is 4.79 Å². The Labute approximate surface area is 114 Å². The van der Waals surface area contributed by atoms with Crippen LogP contribution in [-0.4, -0.2) is 24.3 Å². The largest absolute Gasteiger partial charge is 0.508 e. The van der Waals surface area contributed by atoms with E-state index < -0.39 is 5.97 Å². The number of unbranched alkanes of at least 4 members (excludes halogenated alkanes) is 3. The Morgan fingerprint density at radius 2 is 1.95 bits per heavy atom. The van der Waals surface area contributed by atoms with Crippen LogP contribution in [0.5, 0.6) is 11.5 Å². The lowest BCUT2D eigenvalue weighted by Crippen LogP contribution is -2.05. The zero-order valence-electron chi connectivity index (χ0n) is 11.6. The molecule has 0 heterocycles. The summed E-state index contributed by atoms with van der Waals surface area (Å²) < 4.78 is 10.4. The average molecular weight is 266 g/mol. The van der Waals surface area contributed by atoms with Crippen molar-refractivity contribution in [1.29, 1.82) is 0 Å². The van der Waals surface area contributed by atoms with E-state index in [1.165, 1.54) is 25.0 Å². The summed E-state index contributed by atoms with van der Waals surface area (Å²) >= 11 is 0. The van der Waals surface area contributed by atoms with E-state index in [1.807, 2.05) is 0 Å². The summed E-state index contributed by atoms with van der Waals surface area (Å²) in [5.74, 6) is 0.0582. The summed E-state index contributed by atoms with van der Waals surface area (Å²) in [6.07, 6.45) is 4.47. The van der Waals surface area contributed by atoms with E-state index in [0.717, 1.165) is 12.8 Å². The Bertz CT molecular complexity index is 401. The maximum absolute atomic E-state index is 11.6. The summed E-state index contributed by atoms with van der Waals surface area (Å²) in [4.78, 5) is 11.6. The van der Waals surface area contributed by atoms with E-state index in [-0.39, 0.29) is 5.75 Å². The van der Waals surface area contributed by atoms with Gasteiger partial charge in [0.1, 0.15) is 11.5 Å². The molecule has 0 saturated heterocycles. The number of carbonyl (C=O) groups excluding carboxylic acids is 1. The zero-order valence-corrected chi connectivity index (χ0v) is 11.6. The minimum atomic E-state index is -0.450. The predicted molar refractivity (Wildman–Crippen MR) is 73.7 cm³/mol. The molecule has 0 bridgehead atoms. The van der Waals surface area contributed by atoms with Crippen molar-refractivity contribution in [3.05, 3.63) is 23.8 Å². The Hall–Kier alpha value is -1.71. The number of aromatic hydroxyl groups is 1. The minimum absolute atomic E-state index is 0.00844. The molecule has 1 rings (SSSR count). The van der Waals surface area contributed by atoms with E-state index in [1.54, 1.807) is 13.0 Å². The number of phenols is 1. The second-order valence-corrected chi connectivity index (χ2v) is 4.35. The highest BCUT2D eigenvalue weighted by atomic mass is 16.5. The molecular formula is C15H22O4. The van der Waals surface area contributed by atoms with Crippen molar-refractivity contribution < 1.29 is 19.4 Å². The van der Waals surface area contributed by atoms with E-state index in [2.05, 4.69) is 6.92 Å². The van der Waals surface area contributed by atoms with Crippen LogP contribution < -0.4 is 4.74 Å². The lowest BCUT2D eigenvalue weighted by Gasteiger charge is -2.08. The maximum atomic E-state index is 11.6. The van der Waals surface area contributed by atoms with Crippen LogP contribution in [0.15, 0.2) is 18.2 Å². The van der Waals surface area contributed by atoms with Gasteiger partial charge in [-0.3, -0.25) is 0 Å². The fraction of sp³-hybridized carbons (Fsp3) is 0.533. The third-order valence-corrected chi connectivity index (χ3v) is 2.67. The van der Waals surface area contributed by atoms with Crippen molar-refractivity contribution in [1.82, 2.24) is 0 Å². The SMILES string of the molecule is CCCCCCOc1cc(O)cc(C(=O)OCC)c1. The average Bonchev–Trinajstić information content (AvgIpc) is 2.38. The molecule has 0 aliphatic carbocycles. The van der Waals surface area contributed by atoms with Gasteiger partial charge in [0.05, 0.1) is 18.8 Å². The molecule has 0 spiro atoms. The summed E-state index contributed by atoms with van der Waals surface area (Å²) in [5, 5.41) is 9.56. The first-order valence-electron chi connectivity index (χ1n) is 6.81. The van der Waals surface area contributed by atoms with E-state index >= 15 is 0 Å². The fourth-order valence-electron chi connectivity index (χ4n) is 1.72. The smallest absolute Gasteiger partial charge is 0.338 e. The summed E-state index contributed by atoms with van der Waals surface area (Å²) in [6, 6.07) is 4.47. The minimum Gasteiger partial charge on any atom is -0.508 e. The molecule has 0 atom stereocenters. The molecular weight excluding hydrogens is 244 g/mol. The van der Waals surface area contributed by atoms with Gasteiger partial charge >= 0.3 is 5.97 Å². The molecule has 0 unspecified atom stereocenters. The van der Waals surface area contributed by atoms with Crippen molar-refractivity contribution >= 4 is 5.97 Å². The summed E-state index contributed by atoms with van der Waals surface area (Å²) in [5.41, 5.74) is 0.311. The Morgan fingerprint density at radius 1 is 1.16 bits per heavy atom. The van der Waals surface area contributed by atoms with Gasteiger partial charge in [-0.15, -0.1) is 0 Å². The molecule has 1 N–H and O–H groups in total. The molecule has 0 fully saturated rings. The molecule has 4 nitrogen and oxygen atoms in total. The third-order valence-electron chi connectivity index (χ3n) is 2.67. The lowest BCUT2D eigenvalue weighted by atomic mass is 10.2. The van der Waals surface area contributed by atoms with Crippen LogP contribution in [0, 0.1) is 0 Å². The van der Waals surface area contributed by atoms with Gasteiger partial charge in [0.15, 0.2) is 0 Å². The molecule has 0 saturated carbocycles. The quantitative estimate of drug-likeness (QED) is 0.577. The standard InChI is InChI=1S/C15H22O4/c1-3-5-6-7-8-19-14-10-12(9-13(16)11-14)15(17)18-4-2/h9-11,16H,3-8H2,1-2H3. The fourth-order valence-corrected chi connectivity index (χ4v) is 1.72. The Morgan fingerprint density at radius 3 is 2.63 bits per heavy atom. The van der Waals surface area contributed by atoms with Crippen LogP contribution in [0.4, 0.5) is 0 Å². The van der Waals surface area contributed by atoms with Crippen molar-refractivity contribution in [2.45, 2.75) is 39.5 Å². The number of benzene rings is 1. The van der Waals surface area contributed by atoms with Crippen LogP contribution in [0.2, 0.25) is 0 Å². The first-order chi connectivity index (χ1) is 9.17. The molecule has 0 aliphatic heterocycles. The first-order valence-corrected chi connectivity index (χ1v) is 6.81. The molecule has 0 radical (unpaired) electrons. The van der Waals surface area contributed by atoms with Gasteiger partial charge in [0.2, 0.25) is 0 Å². The van der Waals surface area contributed by atoms with E-state index in [4.69, 9.17) is 9.47 Å². The van der Waals surface area contributed by atoms with Crippen molar-refractivity contribution in [2.75, 3.05) is 13.2 Å². The molecule has 106 valence electrons. The van der Waals surface area contributed by atoms with Crippen LogP contribution >= 0.6 is 0 Å². The molecule has 0 aliphatic rings. The van der Waals surface area contributed by atoms with Crippen LogP contribution in [0.25, 0.3) is 0 Å². The zero-order chi connectivity index (χ0) is 14.1. The number of ether oxygens (including phenoxy) is 2. The number of rotatable bonds is 8. The van der Waals surface area contributed by atoms with Crippen molar-refractivity contribution in [3.63, 3.8) is 0 Å². The number of carbonyl (C=O) groups is 1. The van der Waals surface area contributed by atoms with Gasteiger partial charge in [-0.2, -0.15) is 0 Å². The van der Waals surface area contributed by atoms with Gasteiger partial charge in [-0.05, 0) is 25.5 Å². The highest BCUT2D eigenvalue weighted by Gasteiger charge is 2.10. The topological polar surface area (TPSA) is 55.8 Å². The normalized spacial score (nSPS) is 10.2. The highest BCUT2D eigenvalue weighted by molar-refractivity contribution is 5.90. The van der Waals surface area contributed by atoms with Gasteiger partial charge < -0.3 is 14.6 Å². The number of hydrogen-bond donors (Lipinski definition) is 1. The second kappa shape index (κ2) is 8.40. The second-order valence-electron chi connectivity index (χ2n) is 4.35. The molecule has 0 aromatic heterocycles. The van der Waals surface area contributed by atoms with Gasteiger partial charge in [0, 0.05) is 6.07 Å².